The standard InChI is InChI=1S/C13H16ClFN4O2/c1-13(2,3)21-12(20)18-11(7-17-19-16)8-4-9(14)6-10(15)5-8/h4-6,11H,7H2,1-3H3,(H,18,20)/t11-/m1/s1. The van der Waals surface area contributed by atoms with E-state index in [1.54, 1.807) is 20.8 Å². The highest BCUT2D eigenvalue weighted by Crippen LogP contribution is 2.21. The first kappa shape index (κ1) is 17.1. The summed E-state index contributed by atoms with van der Waals surface area (Å²) in [5.41, 5.74) is 8.12. The van der Waals surface area contributed by atoms with Crippen molar-refractivity contribution in [3.8, 4) is 0 Å². The van der Waals surface area contributed by atoms with Crippen molar-refractivity contribution >= 4 is 17.7 Å². The molecule has 1 rings (SSSR count). The molecule has 0 aliphatic rings. The van der Waals surface area contributed by atoms with Crippen molar-refractivity contribution in [3.05, 3.63) is 45.0 Å². The number of ether oxygens (including phenoxy) is 1. The molecule has 114 valence electrons. The molecular weight excluding hydrogens is 299 g/mol. The molecule has 0 saturated heterocycles. The monoisotopic (exact) mass is 314 g/mol. The number of nitrogens with zero attached hydrogens (tertiary/aromatic N) is 3. The molecule has 1 aromatic rings. The van der Waals surface area contributed by atoms with E-state index in [9.17, 15) is 9.18 Å². The molecule has 0 fully saturated rings. The molecule has 0 radical (unpaired) electrons. The van der Waals surface area contributed by atoms with Gasteiger partial charge in [0.05, 0.1) is 12.6 Å². The molecule has 1 aromatic carbocycles. The Hall–Kier alpha value is -1.98. The molecule has 0 aromatic heterocycles. The molecular formula is C13H16ClFN4O2. The first-order chi connectivity index (χ1) is 9.71. The van der Waals surface area contributed by atoms with Gasteiger partial charge in [-0.25, -0.2) is 9.18 Å². The van der Waals surface area contributed by atoms with Gasteiger partial charge in [-0.1, -0.05) is 16.7 Å². The number of halogens is 2. The van der Waals surface area contributed by atoms with Gasteiger partial charge in [0.1, 0.15) is 11.4 Å². The Morgan fingerprint density at radius 3 is 2.71 bits per heavy atom. The molecule has 0 unspecified atom stereocenters. The predicted octanol–water partition coefficient (Wildman–Crippen LogP) is 4.36. The normalized spacial score (nSPS) is 12.2. The summed E-state index contributed by atoms with van der Waals surface area (Å²) in [4.78, 5) is 14.4. The van der Waals surface area contributed by atoms with Crippen LogP contribution < -0.4 is 5.32 Å². The van der Waals surface area contributed by atoms with Gasteiger partial charge in [-0.15, -0.1) is 0 Å². The SMILES string of the molecule is CC(C)(C)OC(=O)N[C@H](CN=[N+]=[N-])c1cc(F)cc(Cl)c1. The van der Waals surface area contributed by atoms with E-state index in [1.807, 2.05) is 0 Å². The number of hydrogen-bond donors (Lipinski definition) is 1. The van der Waals surface area contributed by atoms with Crippen molar-refractivity contribution in [3.63, 3.8) is 0 Å². The van der Waals surface area contributed by atoms with Crippen LogP contribution in [0.2, 0.25) is 5.02 Å². The van der Waals surface area contributed by atoms with Crippen molar-refractivity contribution < 1.29 is 13.9 Å². The number of carbonyl (C=O) groups is 1. The number of azide groups is 1. The minimum absolute atomic E-state index is 0.0878. The third-order valence-electron chi connectivity index (χ3n) is 2.31. The van der Waals surface area contributed by atoms with Gasteiger partial charge in [0.2, 0.25) is 0 Å². The summed E-state index contributed by atoms with van der Waals surface area (Å²) in [6.45, 7) is 5.06. The van der Waals surface area contributed by atoms with Crippen molar-refractivity contribution in [1.82, 2.24) is 5.32 Å². The van der Waals surface area contributed by atoms with Gasteiger partial charge in [0.25, 0.3) is 0 Å². The molecule has 0 saturated carbocycles. The predicted molar refractivity (Wildman–Crippen MR) is 77.5 cm³/mol. The van der Waals surface area contributed by atoms with Crippen molar-refractivity contribution in [2.45, 2.75) is 32.4 Å². The number of rotatable bonds is 4. The summed E-state index contributed by atoms with van der Waals surface area (Å²) >= 11 is 5.78. The van der Waals surface area contributed by atoms with Crippen LogP contribution in [0, 0.1) is 5.82 Å². The van der Waals surface area contributed by atoms with Crippen LogP contribution in [0.5, 0.6) is 0 Å². The lowest BCUT2D eigenvalue weighted by Gasteiger charge is -2.23. The third-order valence-corrected chi connectivity index (χ3v) is 2.52. The van der Waals surface area contributed by atoms with E-state index in [0.29, 0.717) is 5.56 Å². The van der Waals surface area contributed by atoms with Crippen LogP contribution in [0.4, 0.5) is 9.18 Å². The van der Waals surface area contributed by atoms with E-state index in [-0.39, 0.29) is 11.6 Å². The van der Waals surface area contributed by atoms with Crippen molar-refractivity contribution in [2.24, 2.45) is 5.11 Å². The summed E-state index contributed by atoms with van der Waals surface area (Å²) < 4.78 is 18.5. The Bertz CT molecular complexity index is 548. The summed E-state index contributed by atoms with van der Waals surface area (Å²) in [7, 11) is 0. The number of amides is 1. The molecule has 1 amide bonds. The molecule has 0 heterocycles. The summed E-state index contributed by atoms with van der Waals surface area (Å²) in [6.07, 6.45) is -0.693. The first-order valence-electron chi connectivity index (χ1n) is 6.17. The first-order valence-corrected chi connectivity index (χ1v) is 6.55. The summed E-state index contributed by atoms with van der Waals surface area (Å²) in [5.74, 6) is -0.547. The van der Waals surface area contributed by atoms with Crippen LogP contribution >= 0.6 is 11.6 Å². The quantitative estimate of drug-likeness (QED) is 0.508. The third kappa shape index (κ3) is 6.33. The molecule has 1 atom stereocenters. The van der Waals surface area contributed by atoms with E-state index in [1.165, 1.54) is 12.1 Å². The van der Waals surface area contributed by atoms with Gasteiger partial charge < -0.3 is 10.1 Å². The fourth-order valence-corrected chi connectivity index (χ4v) is 1.81. The second kappa shape index (κ2) is 7.15. The Morgan fingerprint density at radius 2 is 2.19 bits per heavy atom. The molecule has 0 aliphatic carbocycles. The van der Waals surface area contributed by atoms with E-state index in [4.69, 9.17) is 21.9 Å². The Labute approximate surface area is 126 Å². The molecule has 0 bridgehead atoms. The maximum absolute atomic E-state index is 13.4. The van der Waals surface area contributed by atoms with Gasteiger partial charge in [-0.05, 0) is 50.1 Å². The largest absolute Gasteiger partial charge is 0.444 e. The number of nitrogens with one attached hydrogen (secondary N) is 1. The summed E-state index contributed by atoms with van der Waals surface area (Å²) in [6, 6.07) is 3.10. The second-order valence-electron chi connectivity index (χ2n) is 5.32. The minimum Gasteiger partial charge on any atom is -0.444 e. The Balaban J connectivity index is 2.94. The fourth-order valence-electron chi connectivity index (χ4n) is 1.58. The van der Waals surface area contributed by atoms with E-state index >= 15 is 0 Å². The lowest BCUT2D eigenvalue weighted by molar-refractivity contribution is 0.0505. The molecule has 1 N–H and O–H groups in total. The van der Waals surface area contributed by atoms with Crippen LogP contribution in [-0.4, -0.2) is 18.2 Å². The Kier molecular flexibility index (Phi) is 5.81. The zero-order valence-corrected chi connectivity index (χ0v) is 12.7. The van der Waals surface area contributed by atoms with Gasteiger partial charge >= 0.3 is 6.09 Å². The van der Waals surface area contributed by atoms with Gasteiger partial charge in [-0.3, -0.25) is 0 Å². The zero-order valence-electron chi connectivity index (χ0n) is 11.9. The molecule has 0 spiro atoms. The van der Waals surface area contributed by atoms with E-state index in [0.717, 1.165) is 6.07 Å². The minimum atomic E-state index is -0.732. The number of benzene rings is 1. The average Bonchev–Trinajstić information content (AvgIpc) is 2.30. The van der Waals surface area contributed by atoms with Crippen LogP contribution in [0.25, 0.3) is 10.4 Å². The van der Waals surface area contributed by atoms with E-state index in [2.05, 4.69) is 15.3 Å². The Morgan fingerprint density at radius 1 is 1.52 bits per heavy atom. The van der Waals surface area contributed by atoms with Crippen LogP contribution in [0.1, 0.15) is 32.4 Å². The highest BCUT2D eigenvalue weighted by atomic mass is 35.5. The highest BCUT2D eigenvalue weighted by molar-refractivity contribution is 6.30. The van der Waals surface area contributed by atoms with Gasteiger partial charge in [0, 0.05) is 9.93 Å². The van der Waals surface area contributed by atoms with Crippen molar-refractivity contribution in [2.75, 3.05) is 6.54 Å². The fraction of sp³-hybridized carbons (Fsp3) is 0.462. The topological polar surface area (TPSA) is 87.1 Å². The van der Waals surface area contributed by atoms with Gasteiger partial charge in [-0.2, -0.15) is 0 Å². The molecule has 8 heteroatoms. The lowest BCUT2D eigenvalue weighted by atomic mass is 10.1. The lowest BCUT2D eigenvalue weighted by Crippen LogP contribution is -2.36. The van der Waals surface area contributed by atoms with E-state index < -0.39 is 23.6 Å². The zero-order chi connectivity index (χ0) is 16.0. The van der Waals surface area contributed by atoms with Crippen molar-refractivity contribution in [1.29, 1.82) is 0 Å². The smallest absolute Gasteiger partial charge is 0.408 e. The maximum Gasteiger partial charge on any atom is 0.408 e. The second-order valence-corrected chi connectivity index (χ2v) is 5.75. The van der Waals surface area contributed by atoms with Crippen LogP contribution in [0.15, 0.2) is 23.3 Å². The number of carbonyl (C=O) groups excluding carboxylic acids is 1. The highest BCUT2D eigenvalue weighted by Gasteiger charge is 2.20. The molecule has 0 aliphatic heterocycles. The average molecular weight is 315 g/mol. The summed E-state index contributed by atoms with van der Waals surface area (Å²) in [5, 5.41) is 6.11. The van der Waals surface area contributed by atoms with Crippen LogP contribution in [-0.2, 0) is 4.74 Å². The van der Waals surface area contributed by atoms with Gasteiger partial charge in [0.15, 0.2) is 0 Å². The number of hydrogen-bond acceptors (Lipinski definition) is 3. The number of alkyl carbamates (subject to hydrolysis) is 1. The maximum atomic E-state index is 13.4. The van der Waals surface area contributed by atoms with Crippen LogP contribution in [0.3, 0.4) is 0 Å². The molecule has 21 heavy (non-hydrogen) atoms. The molecule has 6 nitrogen and oxygen atoms in total.